The van der Waals surface area contributed by atoms with Crippen LogP contribution in [-0.4, -0.2) is 20.8 Å². The molecule has 9 heteroatoms. The third kappa shape index (κ3) is 5.04. The Morgan fingerprint density at radius 3 is 2.24 bits per heavy atom. The van der Waals surface area contributed by atoms with Gasteiger partial charge < -0.3 is 15.4 Å². The van der Waals surface area contributed by atoms with Crippen molar-refractivity contribution in [3.05, 3.63) is 70.0 Å². The molecule has 2 aromatic carbocycles. The molecular weight excluding hydrogens is 374 g/mol. The van der Waals surface area contributed by atoms with Crippen LogP contribution in [0.15, 0.2) is 48.8 Å². The Bertz CT molecular complexity index is 1050. The fourth-order valence-corrected chi connectivity index (χ4v) is 2.77. The summed E-state index contributed by atoms with van der Waals surface area (Å²) in [5.74, 6) is 0.101. The molecule has 3 rings (SSSR count). The van der Waals surface area contributed by atoms with E-state index < -0.39 is 4.92 Å². The number of aryl methyl sites for hydroxylation is 2. The van der Waals surface area contributed by atoms with Gasteiger partial charge in [-0.3, -0.25) is 14.9 Å². The van der Waals surface area contributed by atoms with E-state index in [1.807, 2.05) is 19.9 Å². The molecule has 1 aromatic heterocycles. The van der Waals surface area contributed by atoms with Crippen LogP contribution in [0.25, 0.3) is 0 Å². The average molecular weight is 393 g/mol. The van der Waals surface area contributed by atoms with E-state index in [9.17, 15) is 14.9 Å². The number of carbonyl (C=O) groups excluding carboxylic acids is 1. The lowest BCUT2D eigenvalue weighted by atomic mass is 10.1. The van der Waals surface area contributed by atoms with Crippen molar-refractivity contribution in [3.63, 3.8) is 0 Å². The van der Waals surface area contributed by atoms with Gasteiger partial charge in [0.05, 0.1) is 4.92 Å². The van der Waals surface area contributed by atoms with Crippen molar-refractivity contribution in [2.75, 3.05) is 10.6 Å². The van der Waals surface area contributed by atoms with Gasteiger partial charge in [0.15, 0.2) is 0 Å². The van der Waals surface area contributed by atoms with Crippen molar-refractivity contribution in [2.45, 2.75) is 20.8 Å². The van der Waals surface area contributed by atoms with Crippen LogP contribution >= 0.6 is 0 Å². The van der Waals surface area contributed by atoms with E-state index in [1.165, 1.54) is 13.3 Å². The van der Waals surface area contributed by atoms with Crippen molar-refractivity contribution in [3.8, 4) is 11.6 Å². The predicted molar refractivity (Wildman–Crippen MR) is 109 cm³/mol. The molecule has 29 heavy (non-hydrogen) atoms. The van der Waals surface area contributed by atoms with Crippen LogP contribution < -0.4 is 15.4 Å². The van der Waals surface area contributed by atoms with Gasteiger partial charge in [0, 0.05) is 18.3 Å². The number of amides is 1. The highest BCUT2D eigenvalue weighted by Crippen LogP contribution is 2.36. The average Bonchev–Trinajstić information content (AvgIpc) is 2.62. The molecule has 148 valence electrons. The maximum atomic E-state index is 11.7. The number of ether oxygens (including phenoxy) is 1. The summed E-state index contributed by atoms with van der Waals surface area (Å²) < 4.78 is 5.69. The number of rotatable bonds is 6. The molecular formula is C20H19N5O4. The van der Waals surface area contributed by atoms with Crippen LogP contribution in [0.1, 0.15) is 18.1 Å². The van der Waals surface area contributed by atoms with Gasteiger partial charge in [0.2, 0.25) is 11.7 Å². The Hall–Kier alpha value is -4.01. The maximum Gasteiger partial charge on any atom is 0.373 e. The molecule has 3 aromatic rings. The van der Waals surface area contributed by atoms with E-state index in [4.69, 9.17) is 4.74 Å². The van der Waals surface area contributed by atoms with Crippen LogP contribution in [0, 0.1) is 24.0 Å². The van der Waals surface area contributed by atoms with Crippen molar-refractivity contribution >= 4 is 28.8 Å². The number of benzene rings is 2. The number of nitro groups is 1. The lowest BCUT2D eigenvalue weighted by Crippen LogP contribution is -2.06. The number of carbonyl (C=O) groups is 1. The Morgan fingerprint density at radius 2 is 1.66 bits per heavy atom. The van der Waals surface area contributed by atoms with Crippen molar-refractivity contribution < 1.29 is 14.5 Å². The third-order valence-corrected chi connectivity index (χ3v) is 3.85. The summed E-state index contributed by atoms with van der Waals surface area (Å²) in [6, 6.07) is 12.2. The molecule has 0 unspecified atom stereocenters. The summed E-state index contributed by atoms with van der Waals surface area (Å²) in [6.07, 6.45) is 1.19. The first-order valence-corrected chi connectivity index (χ1v) is 8.72. The van der Waals surface area contributed by atoms with E-state index >= 15 is 0 Å². The van der Waals surface area contributed by atoms with Crippen LogP contribution in [0.5, 0.6) is 11.6 Å². The van der Waals surface area contributed by atoms with E-state index in [2.05, 4.69) is 20.6 Å². The number of hydrogen-bond donors (Lipinski definition) is 2. The second-order valence-electron chi connectivity index (χ2n) is 6.44. The van der Waals surface area contributed by atoms with Crippen LogP contribution in [0.2, 0.25) is 0 Å². The molecule has 0 spiro atoms. The summed E-state index contributed by atoms with van der Waals surface area (Å²) in [5, 5.41) is 17.2. The Balaban J connectivity index is 1.90. The summed E-state index contributed by atoms with van der Waals surface area (Å²) in [6.45, 7) is 5.23. The SMILES string of the molecule is CC(=O)Nc1ccc(Nc2ncnc(Oc3cc(C)cc(C)c3)c2[N+](=O)[O-])cc1. The van der Waals surface area contributed by atoms with Gasteiger partial charge in [0.1, 0.15) is 12.1 Å². The minimum absolute atomic E-state index is 0.00310. The molecule has 0 saturated heterocycles. The number of nitrogens with zero attached hydrogens (tertiary/aromatic N) is 3. The Morgan fingerprint density at radius 1 is 1.03 bits per heavy atom. The van der Waals surface area contributed by atoms with Gasteiger partial charge in [-0.15, -0.1) is 0 Å². The summed E-state index contributed by atoms with van der Waals surface area (Å²) in [4.78, 5) is 30.1. The molecule has 0 fully saturated rings. The molecule has 0 aliphatic rings. The summed E-state index contributed by atoms with van der Waals surface area (Å²) >= 11 is 0. The molecule has 0 bridgehead atoms. The smallest absolute Gasteiger partial charge is 0.373 e. The number of hydrogen-bond acceptors (Lipinski definition) is 7. The molecule has 1 heterocycles. The number of nitrogens with one attached hydrogen (secondary N) is 2. The van der Waals surface area contributed by atoms with Gasteiger partial charge in [-0.25, -0.2) is 4.98 Å². The highest BCUT2D eigenvalue weighted by Gasteiger charge is 2.25. The highest BCUT2D eigenvalue weighted by atomic mass is 16.6. The van der Waals surface area contributed by atoms with Gasteiger partial charge in [-0.1, -0.05) is 6.07 Å². The minimum atomic E-state index is -0.591. The largest absolute Gasteiger partial charge is 0.434 e. The first kappa shape index (κ1) is 19.7. The molecule has 2 N–H and O–H groups in total. The summed E-state index contributed by atoms with van der Waals surface area (Å²) in [5.41, 5.74) is 2.72. The van der Waals surface area contributed by atoms with E-state index in [0.717, 1.165) is 11.1 Å². The van der Waals surface area contributed by atoms with Crippen molar-refractivity contribution in [2.24, 2.45) is 0 Å². The van der Waals surface area contributed by atoms with Gasteiger partial charge in [-0.2, -0.15) is 4.98 Å². The zero-order chi connectivity index (χ0) is 21.0. The first-order valence-electron chi connectivity index (χ1n) is 8.72. The fraction of sp³-hybridized carbons (Fsp3) is 0.150. The molecule has 0 aliphatic carbocycles. The lowest BCUT2D eigenvalue weighted by molar-refractivity contribution is -0.385. The van der Waals surface area contributed by atoms with Crippen molar-refractivity contribution in [1.29, 1.82) is 0 Å². The highest BCUT2D eigenvalue weighted by molar-refractivity contribution is 5.88. The molecule has 0 radical (unpaired) electrons. The standard InChI is InChI=1S/C20H19N5O4/c1-12-8-13(2)10-17(9-12)29-20-18(25(27)28)19(21-11-22-20)24-16-6-4-15(5-7-16)23-14(3)26/h4-11H,1-3H3,(H,23,26)(H,21,22,24). The van der Waals surface area contributed by atoms with Crippen LogP contribution in [-0.2, 0) is 4.79 Å². The number of anilines is 3. The third-order valence-electron chi connectivity index (χ3n) is 3.85. The fourth-order valence-electron chi connectivity index (χ4n) is 2.77. The monoisotopic (exact) mass is 393 g/mol. The Labute approximate surface area is 166 Å². The van der Waals surface area contributed by atoms with Gasteiger partial charge in [0.25, 0.3) is 0 Å². The molecule has 1 amide bonds. The Kier molecular flexibility index (Phi) is 5.68. The van der Waals surface area contributed by atoms with Gasteiger partial charge >= 0.3 is 11.6 Å². The molecule has 0 saturated carbocycles. The summed E-state index contributed by atoms with van der Waals surface area (Å²) in [7, 11) is 0. The molecule has 0 atom stereocenters. The second kappa shape index (κ2) is 8.34. The molecule has 0 aliphatic heterocycles. The number of aromatic nitrogens is 2. The topological polar surface area (TPSA) is 119 Å². The van der Waals surface area contributed by atoms with E-state index in [1.54, 1.807) is 36.4 Å². The predicted octanol–water partition coefficient (Wildman–Crippen LogP) is 4.50. The molecule has 9 nitrogen and oxygen atoms in total. The quantitative estimate of drug-likeness (QED) is 0.467. The maximum absolute atomic E-state index is 11.7. The van der Waals surface area contributed by atoms with Crippen molar-refractivity contribution in [1.82, 2.24) is 9.97 Å². The van der Waals surface area contributed by atoms with Gasteiger partial charge in [-0.05, 0) is 61.4 Å². The first-order chi connectivity index (χ1) is 13.8. The minimum Gasteiger partial charge on any atom is -0.434 e. The van der Waals surface area contributed by atoms with E-state index in [-0.39, 0.29) is 23.3 Å². The zero-order valence-electron chi connectivity index (χ0n) is 16.1. The van der Waals surface area contributed by atoms with E-state index in [0.29, 0.717) is 17.1 Å². The second-order valence-corrected chi connectivity index (χ2v) is 6.44. The van der Waals surface area contributed by atoms with Crippen LogP contribution in [0.4, 0.5) is 22.9 Å². The lowest BCUT2D eigenvalue weighted by Gasteiger charge is -2.11. The zero-order valence-corrected chi connectivity index (χ0v) is 16.1. The normalized spacial score (nSPS) is 10.3. The van der Waals surface area contributed by atoms with Crippen LogP contribution in [0.3, 0.4) is 0 Å².